The average molecular weight is 250 g/mol. The molecular formula is C13H22N4O. The molecule has 1 aromatic heterocycles. The molecule has 0 aliphatic carbocycles. The molecule has 2 aliphatic heterocycles. The van der Waals surface area contributed by atoms with Crippen molar-refractivity contribution in [3.63, 3.8) is 0 Å². The SMILES string of the molecule is CNCC1CCC(CN2CCn3ccnc3C2)O1. The quantitative estimate of drug-likeness (QED) is 0.843. The van der Waals surface area contributed by atoms with Crippen LogP contribution in [0.5, 0.6) is 0 Å². The number of aromatic nitrogens is 2. The van der Waals surface area contributed by atoms with Gasteiger partial charge in [0.05, 0.1) is 18.8 Å². The zero-order chi connectivity index (χ0) is 12.4. The maximum absolute atomic E-state index is 6.04. The number of fused-ring (bicyclic) bond motifs is 1. The molecule has 0 radical (unpaired) electrons. The van der Waals surface area contributed by atoms with E-state index in [0.717, 1.165) is 32.7 Å². The summed E-state index contributed by atoms with van der Waals surface area (Å²) in [6, 6.07) is 0. The van der Waals surface area contributed by atoms with Gasteiger partial charge in [0.25, 0.3) is 0 Å². The molecular weight excluding hydrogens is 228 g/mol. The molecule has 3 heterocycles. The number of imidazole rings is 1. The molecule has 0 aromatic carbocycles. The summed E-state index contributed by atoms with van der Waals surface area (Å²) in [5.41, 5.74) is 0. The fourth-order valence-electron chi connectivity index (χ4n) is 2.96. The Morgan fingerprint density at radius 1 is 1.39 bits per heavy atom. The summed E-state index contributed by atoms with van der Waals surface area (Å²) in [7, 11) is 1.99. The van der Waals surface area contributed by atoms with Gasteiger partial charge >= 0.3 is 0 Å². The molecule has 0 spiro atoms. The average Bonchev–Trinajstić information content (AvgIpc) is 2.98. The zero-order valence-corrected chi connectivity index (χ0v) is 11.0. The van der Waals surface area contributed by atoms with Crippen molar-refractivity contribution in [1.29, 1.82) is 0 Å². The van der Waals surface area contributed by atoms with Gasteiger partial charge in [-0.15, -0.1) is 0 Å². The Labute approximate surface area is 108 Å². The standard InChI is InChI=1S/C13H22N4O/c1-14-8-11-2-3-12(18-11)9-16-6-7-17-5-4-15-13(17)10-16/h4-5,11-12,14H,2-3,6-10H2,1H3. The maximum atomic E-state index is 6.04. The molecule has 3 rings (SSSR count). The van der Waals surface area contributed by atoms with Crippen LogP contribution in [0.3, 0.4) is 0 Å². The van der Waals surface area contributed by atoms with E-state index in [0.29, 0.717) is 12.2 Å². The molecule has 2 atom stereocenters. The predicted molar refractivity (Wildman–Crippen MR) is 69.3 cm³/mol. The van der Waals surface area contributed by atoms with Crippen LogP contribution in [-0.4, -0.2) is 53.3 Å². The highest BCUT2D eigenvalue weighted by Gasteiger charge is 2.27. The molecule has 5 heteroatoms. The van der Waals surface area contributed by atoms with E-state index in [2.05, 4.69) is 26.0 Å². The third kappa shape index (κ3) is 2.58. The van der Waals surface area contributed by atoms with Gasteiger partial charge in [0, 0.05) is 38.6 Å². The van der Waals surface area contributed by atoms with Gasteiger partial charge in [0.2, 0.25) is 0 Å². The van der Waals surface area contributed by atoms with Crippen molar-refractivity contribution < 1.29 is 4.74 Å². The Morgan fingerprint density at radius 3 is 3.17 bits per heavy atom. The Kier molecular flexibility index (Phi) is 3.63. The van der Waals surface area contributed by atoms with Crippen molar-refractivity contribution in [2.24, 2.45) is 0 Å². The van der Waals surface area contributed by atoms with Crippen molar-refractivity contribution in [3.05, 3.63) is 18.2 Å². The van der Waals surface area contributed by atoms with E-state index in [-0.39, 0.29) is 0 Å². The van der Waals surface area contributed by atoms with E-state index in [1.807, 2.05) is 13.2 Å². The van der Waals surface area contributed by atoms with Crippen LogP contribution in [0.2, 0.25) is 0 Å². The first kappa shape index (κ1) is 12.1. The second-order valence-corrected chi connectivity index (χ2v) is 5.29. The van der Waals surface area contributed by atoms with Crippen LogP contribution in [0, 0.1) is 0 Å². The van der Waals surface area contributed by atoms with Crippen LogP contribution in [0.25, 0.3) is 0 Å². The van der Waals surface area contributed by atoms with E-state index < -0.39 is 0 Å². The van der Waals surface area contributed by atoms with E-state index in [9.17, 15) is 0 Å². The highest BCUT2D eigenvalue weighted by atomic mass is 16.5. The lowest BCUT2D eigenvalue weighted by Gasteiger charge is -2.29. The van der Waals surface area contributed by atoms with Gasteiger partial charge in [-0.2, -0.15) is 0 Å². The Balaban J connectivity index is 1.50. The van der Waals surface area contributed by atoms with Crippen LogP contribution >= 0.6 is 0 Å². The number of ether oxygens (including phenoxy) is 1. The highest BCUT2D eigenvalue weighted by molar-refractivity contribution is 4.96. The van der Waals surface area contributed by atoms with Gasteiger partial charge in [-0.1, -0.05) is 0 Å². The number of nitrogens with one attached hydrogen (secondary N) is 1. The Hall–Kier alpha value is -0.910. The molecule has 5 nitrogen and oxygen atoms in total. The summed E-state index contributed by atoms with van der Waals surface area (Å²) >= 11 is 0. The second-order valence-electron chi connectivity index (χ2n) is 5.29. The van der Waals surface area contributed by atoms with Crippen LogP contribution in [0.4, 0.5) is 0 Å². The van der Waals surface area contributed by atoms with E-state index in [4.69, 9.17) is 4.74 Å². The molecule has 0 amide bonds. The zero-order valence-electron chi connectivity index (χ0n) is 11.0. The molecule has 0 bridgehead atoms. The summed E-state index contributed by atoms with van der Waals surface area (Å²) in [6.07, 6.45) is 7.16. The summed E-state index contributed by atoms with van der Waals surface area (Å²) in [5.74, 6) is 1.19. The maximum Gasteiger partial charge on any atom is 0.122 e. The number of likely N-dealkylation sites (N-methyl/N-ethyl adjacent to an activating group) is 1. The summed E-state index contributed by atoms with van der Waals surface area (Å²) in [5, 5.41) is 3.19. The molecule has 0 saturated carbocycles. The summed E-state index contributed by atoms with van der Waals surface area (Å²) < 4.78 is 8.29. The van der Waals surface area contributed by atoms with E-state index in [1.165, 1.54) is 18.7 Å². The first-order valence-corrected chi connectivity index (χ1v) is 6.87. The van der Waals surface area contributed by atoms with Gasteiger partial charge in [-0.3, -0.25) is 4.90 Å². The number of hydrogen-bond acceptors (Lipinski definition) is 4. The molecule has 1 fully saturated rings. The molecule has 1 aromatic rings. The smallest absolute Gasteiger partial charge is 0.122 e. The van der Waals surface area contributed by atoms with Crippen molar-refractivity contribution in [3.8, 4) is 0 Å². The fourth-order valence-corrected chi connectivity index (χ4v) is 2.96. The van der Waals surface area contributed by atoms with Crippen LogP contribution in [0.1, 0.15) is 18.7 Å². The highest BCUT2D eigenvalue weighted by Crippen LogP contribution is 2.21. The van der Waals surface area contributed by atoms with Gasteiger partial charge in [-0.05, 0) is 19.9 Å². The second kappa shape index (κ2) is 5.38. The number of rotatable bonds is 4. The van der Waals surface area contributed by atoms with Gasteiger partial charge in [0.15, 0.2) is 0 Å². The third-order valence-corrected chi connectivity index (χ3v) is 3.91. The minimum absolute atomic E-state index is 0.407. The van der Waals surface area contributed by atoms with Crippen molar-refractivity contribution >= 4 is 0 Å². The molecule has 18 heavy (non-hydrogen) atoms. The summed E-state index contributed by atoms with van der Waals surface area (Å²) in [4.78, 5) is 6.86. The topological polar surface area (TPSA) is 42.3 Å². The van der Waals surface area contributed by atoms with Gasteiger partial charge in [0.1, 0.15) is 5.82 Å². The first-order chi connectivity index (χ1) is 8.85. The number of nitrogens with zero attached hydrogens (tertiary/aromatic N) is 3. The molecule has 1 saturated heterocycles. The lowest BCUT2D eigenvalue weighted by atomic mass is 10.2. The molecule has 2 unspecified atom stereocenters. The Bertz CT molecular complexity index is 392. The Morgan fingerprint density at radius 2 is 2.28 bits per heavy atom. The third-order valence-electron chi connectivity index (χ3n) is 3.91. The normalized spacial score (nSPS) is 28.5. The first-order valence-electron chi connectivity index (χ1n) is 6.87. The van der Waals surface area contributed by atoms with Crippen LogP contribution in [-0.2, 0) is 17.8 Å². The molecule has 1 N–H and O–H groups in total. The lowest BCUT2D eigenvalue weighted by Crippen LogP contribution is -2.39. The van der Waals surface area contributed by atoms with E-state index in [1.54, 1.807) is 0 Å². The van der Waals surface area contributed by atoms with Crippen molar-refractivity contribution in [2.75, 3.05) is 26.7 Å². The minimum atomic E-state index is 0.407. The summed E-state index contributed by atoms with van der Waals surface area (Å²) in [6.45, 7) is 5.15. The largest absolute Gasteiger partial charge is 0.372 e. The molecule has 100 valence electrons. The monoisotopic (exact) mass is 250 g/mol. The molecule has 2 aliphatic rings. The van der Waals surface area contributed by atoms with Crippen LogP contribution < -0.4 is 5.32 Å². The predicted octanol–water partition coefficient (Wildman–Crippen LogP) is 0.466. The number of hydrogen-bond donors (Lipinski definition) is 1. The van der Waals surface area contributed by atoms with Crippen molar-refractivity contribution in [2.45, 2.75) is 38.1 Å². The minimum Gasteiger partial charge on any atom is -0.372 e. The lowest BCUT2D eigenvalue weighted by molar-refractivity contribution is 0.0187. The van der Waals surface area contributed by atoms with Gasteiger partial charge in [-0.25, -0.2) is 4.98 Å². The van der Waals surface area contributed by atoms with Crippen molar-refractivity contribution in [1.82, 2.24) is 19.8 Å². The van der Waals surface area contributed by atoms with Gasteiger partial charge < -0.3 is 14.6 Å². The van der Waals surface area contributed by atoms with E-state index >= 15 is 0 Å². The fraction of sp³-hybridized carbons (Fsp3) is 0.769. The van der Waals surface area contributed by atoms with Crippen LogP contribution in [0.15, 0.2) is 12.4 Å².